The monoisotopic (exact) mass is 519 g/mol. The largest absolute Gasteiger partial charge is 0.497 e. The number of aryl methyl sites for hydroxylation is 1. The van der Waals surface area contributed by atoms with E-state index in [1.807, 2.05) is 48.7 Å². The highest BCUT2D eigenvalue weighted by Crippen LogP contribution is 2.30. The minimum atomic E-state index is -4.03. The third-order valence-electron chi connectivity index (χ3n) is 5.48. The summed E-state index contributed by atoms with van der Waals surface area (Å²) in [7, 11) is -2.52. The number of anilines is 1. The molecule has 0 fully saturated rings. The molecule has 36 heavy (non-hydrogen) atoms. The first-order valence-corrected chi connectivity index (χ1v) is 13.4. The summed E-state index contributed by atoms with van der Waals surface area (Å²) in [4.78, 5) is 14.1. The molecule has 0 radical (unpaired) electrons. The van der Waals surface area contributed by atoms with E-state index in [1.165, 1.54) is 34.9 Å². The molecule has 0 aliphatic rings. The first-order chi connectivity index (χ1) is 17.4. The van der Waals surface area contributed by atoms with Crippen molar-refractivity contribution < 1.29 is 17.9 Å². The Hall–Kier alpha value is -3.95. The van der Waals surface area contributed by atoms with Crippen molar-refractivity contribution in [2.45, 2.75) is 18.4 Å². The molecular weight excluding hydrogens is 494 g/mol. The van der Waals surface area contributed by atoms with Crippen molar-refractivity contribution in [3.63, 3.8) is 0 Å². The van der Waals surface area contributed by atoms with Gasteiger partial charge in [0.2, 0.25) is 0 Å². The molecular formula is C27H25N3O4S2. The highest BCUT2D eigenvalue weighted by Gasteiger charge is 2.28. The third kappa shape index (κ3) is 5.64. The Labute approximate surface area is 214 Å². The second-order valence-corrected chi connectivity index (χ2v) is 10.7. The van der Waals surface area contributed by atoms with Crippen molar-refractivity contribution >= 4 is 39.2 Å². The molecule has 1 amide bonds. The second kappa shape index (κ2) is 11.2. The zero-order chi connectivity index (χ0) is 25.5. The number of hydrogen-bond acceptors (Lipinski definition) is 6. The smallest absolute Gasteiger partial charge is 0.273 e. The number of hydrazone groups is 1. The van der Waals surface area contributed by atoms with Crippen molar-refractivity contribution in [2.24, 2.45) is 5.10 Å². The van der Waals surface area contributed by atoms with E-state index in [0.29, 0.717) is 5.75 Å². The number of hydrogen-bond donors (Lipinski definition) is 1. The van der Waals surface area contributed by atoms with Gasteiger partial charge in [0.1, 0.15) is 5.75 Å². The summed E-state index contributed by atoms with van der Waals surface area (Å²) in [5.74, 6) is 0.0289. The molecule has 0 saturated carbocycles. The van der Waals surface area contributed by atoms with Crippen molar-refractivity contribution in [3.05, 3.63) is 112 Å². The van der Waals surface area contributed by atoms with Crippen molar-refractivity contribution in [2.75, 3.05) is 11.4 Å². The maximum absolute atomic E-state index is 13.8. The fourth-order valence-electron chi connectivity index (χ4n) is 3.53. The Balaban J connectivity index is 1.72. The Bertz CT molecular complexity index is 1460. The molecule has 4 aromatic rings. The van der Waals surface area contributed by atoms with Crippen LogP contribution in [0.3, 0.4) is 0 Å². The molecule has 0 aliphatic heterocycles. The van der Waals surface area contributed by atoms with Crippen LogP contribution in [0.15, 0.2) is 100 Å². The van der Waals surface area contributed by atoms with Crippen LogP contribution >= 0.6 is 11.3 Å². The molecule has 0 saturated heterocycles. The zero-order valence-corrected chi connectivity index (χ0v) is 21.4. The minimum Gasteiger partial charge on any atom is -0.497 e. The predicted octanol–water partition coefficient (Wildman–Crippen LogP) is 5.22. The summed E-state index contributed by atoms with van der Waals surface area (Å²) in [6.45, 7) is 2.00. The second-order valence-electron chi connectivity index (χ2n) is 7.86. The lowest BCUT2D eigenvalue weighted by molar-refractivity contribution is 0.0955. The molecule has 9 heteroatoms. The van der Waals surface area contributed by atoms with Gasteiger partial charge in [-0.1, -0.05) is 42.5 Å². The van der Waals surface area contributed by atoms with E-state index in [1.54, 1.807) is 42.6 Å². The van der Waals surface area contributed by atoms with Crippen LogP contribution < -0.4 is 14.5 Å². The van der Waals surface area contributed by atoms with Crippen molar-refractivity contribution in [1.29, 1.82) is 0 Å². The van der Waals surface area contributed by atoms with Crippen LogP contribution in [0.4, 0.5) is 5.69 Å². The Morgan fingerprint density at radius 2 is 1.69 bits per heavy atom. The molecule has 3 aromatic carbocycles. The van der Waals surface area contributed by atoms with Gasteiger partial charge in [0.25, 0.3) is 15.9 Å². The average Bonchev–Trinajstić information content (AvgIpc) is 3.32. The van der Waals surface area contributed by atoms with E-state index in [-0.39, 0.29) is 22.7 Å². The van der Waals surface area contributed by atoms with Crippen LogP contribution in [-0.2, 0) is 16.6 Å². The summed E-state index contributed by atoms with van der Waals surface area (Å²) < 4.78 is 34.1. The molecule has 0 unspecified atom stereocenters. The predicted molar refractivity (Wildman–Crippen MR) is 143 cm³/mol. The third-order valence-corrected chi connectivity index (χ3v) is 8.21. The fraction of sp³-hybridized carbons (Fsp3) is 0.111. The molecule has 7 nitrogen and oxygen atoms in total. The Morgan fingerprint density at radius 3 is 2.36 bits per heavy atom. The normalized spacial score (nSPS) is 11.4. The lowest BCUT2D eigenvalue weighted by atomic mass is 10.1. The van der Waals surface area contributed by atoms with E-state index in [2.05, 4.69) is 10.5 Å². The van der Waals surface area contributed by atoms with Crippen LogP contribution in [0.2, 0.25) is 0 Å². The summed E-state index contributed by atoms with van der Waals surface area (Å²) in [5, 5.41) is 6.02. The lowest BCUT2D eigenvalue weighted by Crippen LogP contribution is -2.33. The van der Waals surface area contributed by atoms with Gasteiger partial charge in [0, 0.05) is 4.88 Å². The number of carbonyl (C=O) groups excluding carboxylic acids is 1. The number of ether oxygens (including phenoxy) is 1. The van der Waals surface area contributed by atoms with E-state index in [9.17, 15) is 13.2 Å². The number of para-hydroxylation sites is 1. The maximum atomic E-state index is 13.8. The molecule has 0 bridgehead atoms. The molecule has 0 atom stereocenters. The number of thiophene rings is 1. The topological polar surface area (TPSA) is 88.1 Å². The van der Waals surface area contributed by atoms with Crippen LogP contribution in [0.1, 0.15) is 26.4 Å². The number of sulfonamides is 1. The van der Waals surface area contributed by atoms with Gasteiger partial charge in [-0.2, -0.15) is 5.10 Å². The molecule has 1 aromatic heterocycles. The van der Waals surface area contributed by atoms with Crippen LogP contribution in [-0.4, -0.2) is 27.6 Å². The summed E-state index contributed by atoms with van der Waals surface area (Å²) in [6.07, 6.45) is 1.58. The fourth-order valence-corrected chi connectivity index (χ4v) is 5.79. The number of carbonyl (C=O) groups is 1. The lowest BCUT2D eigenvalue weighted by Gasteiger charge is -2.26. The molecule has 4 rings (SSSR count). The van der Waals surface area contributed by atoms with E-state index < -0.39 is 15.9 Å². The van der Waals surface area contributed by atoms with Crippen molar-refractivity contribution in [1.82, 2.24) is 5.43 Å². The van der Waals surface area contributed by atoms with Gasteiger partial charge in [-0.05, 0) is 65.9 Å². The molecule has 0 aliphatic carbocycles. The zero-order valence-electron chi connectivity index (χ0n) is 19.8. The van der Waals surface area contributed by atoms with Gasteiger partial charge in [0.05, 0.1) is 36.0 Å². The first-order valence-electron chi connectivity index (χ1n) is 11.1. The summed E-state index contributed by atoms with van der Waals surface area (Å²) in [6, 6.07) is 23.9. The quantitative estimate of drug-likeness (QED) is 0.242. The van der Waals surface area contributed by atoms with Gasteiger partial charge in [0.15, 0.2) is 0 Å². The maximum Gasteiger partial charge on any atom is 0.273 e. The molecule has 184 valence electrons. The molecule has 1 heterocycles. The van der Waals surface area contributed by atoms with Crippen LogP contribution in [0.5, 0.6) is 5.75 Å². The van der Waals surface area contributed by atoms with Gasteiger partial charge in [-0.25, -0.2) is 13.8 Å². The number of nitrogens with one attached hydrogen (secondary N) is 1. The number of rotatable bonds is 9. The Morgan fingerprint density at radius 1 is 1.00 bits per heavy atom. The standard InChI is InChI=1S/C27H25N3O4S2/c1-20-16-17-35-26(20)18-28-29-27(31)24-10-6-7-11-25(24)30(19-21-8-4-3-5-9-21)36(32,33)23-14-12-22(34-2)13-15-23/h3-18H,19H2,1-2H3,(H,29,31)/b28-18-. The van der Waals surface area contributed by atoms with E-state index >= 15 is 0 Å². The van der Waals surface area contributed by atoms with Gasteiger partial charge >= 0.3 is 0 Å². The SMILES string of the molecule is COc1ccc(S(=O)(=O)N(Cc2ccccc2)c2ccccc2C(=O)N/N=C\c2sccc2C)cc1. The van der Waals surface area contributed by atoms with E-state index in [4.69, 9.17) is 4.74 Å². The number of nitrogens with zero attached hydrogens (tertiary/aromatic N) is 2. The number of amides is 1. The number of benzene rings is 3. The highest BCUT2D eigenvalue weighted by molar-refractivity contribution is 7.92. The highest BCUT2D eigenvalue weighted by atomic mass is 32.2. The van der Waals surface area contributed by atoms with E-state index in [0.717, 1.165) is 16.0 Å². The summed E-state index contributed by atoms with van der Waals surface area (Å²) in [5.41, 5.74) is 4.79. The van der Waals surface area contributed by atoms with Crippen LogP contribution in [0.25, 0.3) is 0 Å². The number of methoxy groups -OCH3 is 1. The van der Waals surface area contributed by atoms with Crippen LogP contribution in [0, 0.1) is 6.92 Å². The summed E-state index contributed by atoms with van der Waals surface area (Å²) >= 11 is 1.51. The van der Waals surface area contributed by atoms with Crippen molar-refractivity contribution in [3.8, 4) is 5.75 Å². The first kappa shape index (κ1) is 25.2. The molecule has 1 N–H and O–H groups in total. The molecule has 0 spiro atoms. The van der Waals surface area contributed by atoms with Gasteiger partial charge < -0.3 is 4.74 Å². The minimum absolute atomic E-state index is 0.0388. The Kier molecular flexibility index (Phi) is 7.82. The van der Waals surface area contributed by atoms with Gasteiger partial charge in [-0.15, -0.1) is 11.3 Å². The average molecular weight is 520 g/mol. The van der Waals surface area contributed by atoms with Gasteiger partial charge in [-0.3, -0.25) is 9.10 Å².